The number of anilines is 3. The molecule has 0 radical (unpaired) electrons. The highest BCUT2D eigenvalue weighted by molar-refractivity contribution is 7.92. The Balaban J connectivity index is 1.36. The molecular weight excluding hydrogens is 421 g/mol. The lowest BCUT2D eigenvalue weighted by molar-refractivity contribution is 0.102. The molecule has 1 amide bonds. The molecule has 1 unspecified atom stereocenters. The summed E-state index contributed by atoms with van der Waals surface area (Å²) >= 11 is 0.00748. The van der Waals surface area contributed by atoms with Crippen LogP contribution >= 0.6 is 12.3 Å². The van der Waals surface area contributed by atoms with Gasteiger partial charge in [0.05, 0.1) is 28.9 Å². The average Bonchev–Trinajstić information content (AvgIpc) is 3.53. The zero-order chi connectivity index (χ0) is 21.4. The molecule has 5 heterocycles. The van der Waals surface area contributed by atoms with E-state index in [0.29, 0.717) is 34.6 Å². The number of β-amino-alcohol motifs (C(OH)–C–C–N with tert-alkyl or cyclic N) is 1. The Morgan fingerprint density at radius 3 is 2.68 bits per heavy atom. The van der Waals surface area contributed by atoms with Crippen molar-refractivity contribution in [2.75, 3.05) is 41.3 Å². The lowest BCUT2D eigenvalue weighted by Gasteiger charge is -2.16. The monoisotopic (exact) mass is 443 g/mol. The van der Waals surface area contributed by atoms with Crippen LogP contribution in [0.4, 0.5) is 21.2 Å². The molecule has 2 saturated heterocycles. The van der Waals surface area contributed by atoms with Gasteiger partial charge in [0.1, 0.15) is 5.82 Å². The predicted octanol–water partition coefficient (Wildman–Crippen LogP) is 2.63. The Morgan fingerprint density at radius 2 is 2.00 bits per heavy atom. The first-order valence-corrected chi connectivity index (χ1v) is 10.9. The maximum Gasteiger partial charge on any atom is 0.257 e. The van der Waals surface area contributed by atoms with E-state index in [4.69, 9.17) is 0 Å². The Labute approximate surface area is 182 Å². The molecule has 31 heavy (non-hydrogen) atoms. The number of fused-ring (bicyclic) bond motifs is 1. The van der Waals surface area contributed by atoms with E-state index in [2.05, 4.69) is 25.3 Å². The lowest BCUT2D eigenvalue weighted by atomic mass is 10.2. The molecule has 2 fully saturated rings. The highest BCUT2D eigenvalue weighted by Gasteiger charge is 2.23. The number of hydrogen-bond donors (Lipinski definition) is 2. The van der Waals surface area contributed by atoms with Crippen LogP contribution in [0.1, 0.15) is 29.6 Å². The van der Waals surface area contributed by atoms with Crippen LogP contribution in [0.3, 0.4) is 0 Å². The van der Waals surface area contributed by atoms with Crippen LogP contribution in [0.5, 0.6) is 0 Å². The Bertz CT molecular complexity index is 1100. The first kappa shape index (κ1) is 20.0. The van der Waals surface area contributed by atoms with Crippen LogP contribution in [0, 0.1) is 0 Å². The van der Waals surface area contributed by atoms with E-state index in [1.807, 2.05) is 4.90 Å². The minimum atomic E-state index is -0.335. The number of hydrogen-bond acceptors (Lipinski definition) is 8. The third-order valence-electron chi connectivity index (χ3n) is 5.70. The minimum Gasteiger partial charge on any atom is -0.391 e. The zero-order valence-corrected chi connectivity index (χ0v) is 17.6. The van der Waals surface area contributed by atoms with Gasteiger partial charge in [0.15, 0.2) is 23.8 Å². The summed E-state index contributed by atoms with van der Waals surface area (Å²) in [5, 5.41) is 17.6. The fraction of sp³-hybridized carbons (Fsp3) is 0.400. The Kier molecular flexibility index (Phi) is 5.36. The van der Waals surface area contributed by atoms with Gasteiger partial charge in [-0.2, -0.15) is 4.09 Å². The molecule has 9 nitrogen and oxygen atoms in total. The van der Waals surface area contributed by atoms with E-state index in [1.165, 1.54) is 12.4 Å². The maximum atomic E-state index is 13.3. The number of pyridine rings is 2. The van der Waals surface area contributed by atoms with Crippen molar-refractivity contribution >= 4 is 46.6 Å². The van der Waals surface area contributed by atoms with Crippen molar-refractivity contribution in [3.8, 4) is 0 Å². The third kappa shape index (κ3) is 3.90. The van der Waals surface area contributed by atoms with Crippen molar-refractivity contribution < 1.29 is 13.8 Å². The van der Waals surface area contributed by atoms with Gasteiger partial charge >= 0.3 is 0 Å². The summed E-state index contributed by atoms with van der Waals surface area (Å²) in [6, 6.07) is 5.27. The third-order valence-corrected chi connectivity index (χ3v) is 6.09. The van der Waals surface area contributed by atoms with Crippen LogP contribution in [0.2, 0.25) is 0 Å². The molecule has 5 rings (SSSR count). The molecule has 2 N–H and O–H groups in total. The number of aromatic nitrogens is 4. The molecule has 0 spiro atoms. The summed E-state index contributed by atoms with van der Waals surface area (Å²) in [4.78, 5) is 25.5. The van der Waals surface area contributed by atoms with Gasteiger partial charge in [0, 0.05) is 32.4 Å². The number of amides is 1. The molecule has 0 aliphatic carbocycles. The van der Waals surface area contributed by atoms with Gasteiger partial charge in [-0.05, 0) is 37.5 Å². The highest BCUT2D eigenvalue weighted by atomic mass is 32.2. The summed E-state index contributed by atoms with van der Waals surface area (Å²) in [6.07, 6.45) is 5.54. The molecule has 3 aromatic rings. The van der Waals surface area contributed by atoms with Crippen molar-refractivity contribution in [2.45, 2.75) is 25.4 Å². The topological polar surface area (TPSA) is 99.4 Å². The van der Waals surface area contributed by atoms with Gasteiger partial charge in [-0.25, -0.2) is 9.97 Å². The van der Waals surface area contributed by atoms with Gasteiger partial charge in [-0.3, -0.25) is 4.79 Å². The second-order valence-corrected chi connectivity index (χ2v) is 8.29. The Morgan fingerprint density at radius 1 is 1.16 bits per heavy atom. The van der Waals surface area contributed by atoms with E-state index in [0.717, 1.165) is 48.8 Å². The molecule has 3 aromatic heterocycles. The van der Waals surface area contributed by atoms with Gasteiger partial charge in [0.2, 0.25) is 0 Å². The zero-order valence-electron chi connectivity index (χ0n) is 16.7. The smallest absolute Gasteiger partial charge is 0.257 e. The first-order valence-electron chi connectivity index (χ1n) is 10.3. The van der Waals surface area contributed by atoms with Gasteiger partial charge < -0.3 is 20.2 Å². The highest BCUT2D eigenvalue weighted by Crippen LogP contribution is 2.31. The summed E-state index contributed by atoms with van der Waals surface area (Å²) < 4.78 is 14.5. The van der Waals surface area contributed by atoms with E-state index in [1.54, 1.807) is 18.2 Å². The lowest BCUT2D eigenvalue weighted by Crippen LogP contribution is -2.22. The quantitative estimate of drug-likeness (QED) is 0.621. The number of carbonyl (C=O) groups is 1. The fourth-order valence-corrected chi connectivity index (χ4v) is 4.42. The summed E-state index contributed by atoms with van der Waals surface area (Å²) in [5.41, 5.74) is 1.35. The normalized spacial score (nSPS) is 18.8. The second kappa shape index (κ2) is 8.31. The molecule has 0 saturated carbocycles. The van der Waals surface area contributed by atoms with Crippen molar-refractivity contribution in [1.29, 1.82) is 0 Å². The second-order valence-electron chi connectivity index (χ2n) is 7.80. The molecule has 0 aromatic carbocycles. The molecule has 2 aliphatic rings. The number of rotatable bonds is 5. The van der Waals surface area contributed by atoms with Gasteiger partial charge in [-0.15, -0.1) is 8.98 Å². The molecule has 11 heteroatoms. The van der Waals surface area contributed by atoms with E-state index < -0.39 is 0 Å². The number of nitrogens with zero attached hydrogens (tertiary/aromatic N) is 6. The summed E-state index contributed by atoms with van der Waals surface area (Å²) in [7, 11) is 0. The van der Waals surface area contributed by atoms with Crippen molar-refractivity contribution in [2.24, 2.45) is 0 Å². The molecular formula is C20H22FN7O2S. The van der Waals surface area contributed by atoms with Gasteiger partial charge in [-0.1, -0.05) is 0 Å². The number of carbonyl (C=O) groups excluding carboxylic acids is 1. The number of aliphatic hydroxyl groups is 1. The van der Waals surface area contributed by atoms with E-state index in [-0.39, 0.29) is 24.3 Å². The number of aliphatic hydroxyl groups excluding tert-OH is 1. The largest absolute Gasteiger partial charge is 0.391 e. The predicted molar refractivity (Wildman–Crippen MR) is 118 cm³/mol. The van der Waals surface area contributed by atoms with Gasteiger partial charge in [0.25, 0.3) is 5.91 Å². The average molecular weight is 444 g/mol. The SMILES string of the molecule is O=C(Nc1cnc2c(c1)c(N1CCCC1)nn2SF)c1ccc(N2CCC(O)C2)nc1. The van der Waals surface area contributed by atoms with Crippen molar-refractivity contribution in [1.82, 2.24) is 19.2 Å². The van der Waals surface area contributed by atoms with E-state index >= 15 is 0 Å². The van der Waals surface area contributed by atoms with Crippen LogP contribution in [-0.2, 0) is 0 Å². The van der Waals surface area contributed by atoms with Crippen LogP contribution in [0.25, 0.3) is 11.0 Å². The van der Waals surface area contributed by atoms with E-state index in [9.17, 15) is 13.8 Å². The van der Waals surface area contributed by atoms with Crippen LogP contribution < -0.4 is 15.1 Å². The maximum absolute atomic E-state index is 13.3. The number of nitrogens with one attached hydrogen (secondary N) is 1. The van der Waals surface area contributed by atoms with Crippen molar-refractivity contribution in [3.05, 3.63) is 36.2 Å². The summed E-state index contributed by atoms with van der Waals surface area (Å²) in [6.45, 7) is 3.03. The van der Waals surface area contributed by atoms with Crippen molar-refractivity contribution in [3.63, 3.8) is 0 Å². The van der Waals surface area contributed by atoms with Crippen LogP contribution in [0.15, 0.2) is 30.6 Å². The Hall–Kier alpha value is -2.92. The molecule has 1 atom stereocenters. The molecule has 2 aliphatic heterocycles. The fourth-order valence-electron chi connectivity index (χ4n) is 4.10. The number of halogens is 1. The molecule has 0 bridgehead atoms. The van der Waals surface area contributed by atoms with Crippen LogP contribution in [-0.4, -0.2) is 62.5 Å². The molecule has 162 valence electrons. The standard InChI is InChI=1S/C20H22FN7O2S/c21-31-28-18-16(19(25-28)26-6-1-2-7-26)9-14(11-23-18)24-20(30)13-3-4-17(22-10-13)27-8-5-15(29)12-27/h3-4,9-11,15,29H,1-2,5-8,12H2,(H,24,30). The summed E-state index contributed by atoms with van der Waals surface area (Å²) in [5.74, 6) is 1.11. The minimum absolute atomic E-state index is 0.00748. The first-order chi connectivity index (χ1) is 15.1.